The van der Waals surface area contributed by atoms with Gasteiger partial charge in [0.2, 0.25) is 14.1 Å². The zero-order valence-electron chi connectivity index (χ0n) is 15.3. The van der Waals surface area contributed by atoms with Gasteiger partial charge in [0, 0.05) is 0 Å². The zero-order chi connectivity index (χ0) is 16.2. The van der Waals surface area contributed by atoms with E-state index in [2.05, 4.69) is 62.3 Å². The Bertz CT molecular complexity index is 372. The summed E-state index contributed by atoms with van der Waals surface area (Å²) in [6, 6.07) is 0. The van der Waals surface area contributed by atoms with Crippen molar-refractivity contribution >= 4 is 8.32 Å². The highest BCUT2D eigenvalue weighted by Crippen LogP contribution is 2.67. The molecule has 2 aliphatic rings. The second-order valence-electron chi connectivity index (χ2n) is 8.37. The summed E-state index contributed by atoms with van der Waals surface area (Å²) in [4.78, 5) is 0. The molecule has 0 bridgehead atoms. The molecule has 0 amide bonds. The van der Waals surface area contributed by atoms with Crippen molar-refractivity contribution in [3.05, 3.63) is 0 Å². The predicted octanol–water partition coefficient (Wildman–Crippen LogP) is 5.07. The molecule has 124 valence electrons. The van der Waals surface area contributed by atoms with Gasteiger partial charge < -0.3 is 13.9 Å². The summed E-state index contributed by atoms with van der Waals surface area (Å²) < 4.78 is 18.7. The Morgan fingerprint density at radius 3 is 1.81 bits per heavy atom. The molecule has 0 N–H and O–H groups in total. The molecule has 0 aliphatic carbocycles. The Morgan fingerprint density at radius 2 is 1.43 bits per heavy atom. The summed E-state index contributed by atoms with van der Waals surface area (Å²) in [6.07, 6.45) is 1.28. The van der Waals surface area contributed by atoms with Crippen molar-refractivity contribution in [1.82, 2.24) is 0 Å². The van der Waals surface area contributed by atoms with Crippen LogP contribution in [-0.4, -0.2) is 26.0 Å². The van der Waals surface area contributed by atoms with Crippen molar-refractivity contribution < 1.29 is 13.9 Å². The standard InChI is InChI=1S/C17H34O3Si/c1-11(2)10-15-17(18-15)16(9,19-17)20-21(12(3)4,13(5)6)14(7)8/h11-15H,10H2,1-9H3/t15?,16-,17+/m0/s1. The van der Waals surface area contributed by atoms with E-state index < -0.39 is 19.9 Å². The van der Waals surface area contributed by atoms with Gasteiger partial charge in [-0.15, -0.1) is 0 Å². The first-order valence-corrected chi connectivity index (χ1v) is 10.7. The van der Waals surface area contributed by atoms with E-state index in [0.29, 0.717) is 22.5 Å². The predicted molar refractivity (Wildman–Crippen MR) is 88.7 cm³/mol. The first-order valence-electron chi connectivity index (χ1n) is 8.60. The first-order chi connectivity index (χ1) is 9.52. The van der Waals surface area contributed by atoms with Gasteiger partial charge in [0.15, 0.2) is 0 Å². The van der Waals surface area contributed by atoms with E-state index in [-0.39, 0.29) is 6.10 Å². The molecule has 0 saturated carbocycles. The summed E-state index contributed by atoms with van der Waals surface area (Å²) in [5.74, 6) is -0.309. The van der Waals surface area contributed by atoms with Gasteiger partial charge in [-0.2, -0.15) is 0 Å². The van der Waals surface area contributed by atoms with Crippen molar-refractivity contribution in [2.45, 2.75) is 103 Å². The molecule has 2 rings (SSSR count). The molecule has 3 nitrogen and oxygen atoms in total. The largest absolute Gasteiger partial charge is 0.385 e. The monoisotopic (exact) mass is 314 g/mol. The molecular formula is C17H34O3Si. The molecule has 1 unspecified atom stereocenters. The van der Waals surface area contributed by atoms with E-state index in [9.17, 15) is 0 Å². The maximum Gasteiger partial charge on any atom is 0.252 e. The van der Waals surface area contributed by atoms with Crippen molar-refractivity contribution in [1.29, 1.82) is 0 Å². The lowest BCUT2D eigenvalue weighted by Crippen LogP contribution is -2.51. The smallest absolute Gasteiger partial charge is 0.252 e. The Morgan fingerprint density at radius 1 is 0.952 bits per heavy atom. The summed E-state index contributed by atoms with van der Waals surface area (Å²) in [7, 11) is -1.92. The topological polar surface area (TPSA) is 34.3 Å². The van der Waals surface area contributed by atoms with Crippen LogP contribution in [0.5, 0.6) is 0 Å². The van der Waals surface area contributed by atoms with Crippen LogP contribution >= 0.6 is 0 Å². The lowest BCUT2D eigenvalue weighted by atomic mass is 10.0. The normalized spacial score (nSPS) is 35.6. The molecule has 2 fully saturated rings. The number of rotatable bonds is 7. The van der Waals surface area contributed by atoms with Crippen LogP contribution in [0.25, 0.3) is 0 Å². The van der Waals surface area contributed by atoms with Gasteiger partial charge in [-0.05, 0) is 35.9 Å². The van der Waals surface area contributed by atoms with Crippen LogP contribution in [0.15, 0.2) is 0 Å². The van der Waals surface area contributed by atoms with Crippen LogP contribution in [0.1, 0.15) is 68.7 Å². The molecule has 2 aliphatic heterocycles. The SMILES string of the molecule is CC(C)CC1O[C@@]12O[C@@]2(C)O[Si](C(C)C)(C(C)C)C(C)C. The highest BCUT2D eigenvalue weighted by Gasteiger charge is 2.86. The molecule has 3 atom stereocenters. The summed E-state index contributed by atoms with van der Waals surface area (Å²) in [5, 5.41) is 0. The summed E-state index contributed by atoms with van der Waals surface area (Å²) >= 11 is 0. The third-order valence-corrected chi connectivity index (χ3v) is 11.5. The molecule has 0 radical (unpaired) electrons. The van der Waals surface area contributed by atoms with E-state index in [1.165, 1.54) is 0 Å². The van der Waals surface area contributed by atoms with Crippen molar-refractivity contribution in [3.8, 4) is 0 Å². The number of epoxide rings is 2. The van der Waals surface area contributed by atoms with Crippen molar-refractivity contribution in [3.63, 3.8) is 0 Å². The Kier molecular flexibility index (Phi) is 4.43. The minimum absolute atomic E-state index is 0.223. The average Bonchev–Trinajstić information content (AvgIpc) is 3.12. The van der Waals surface area contributed by atoms with Crippen molar-refractivity contribution in [2.75, 3.05) is 0 Å². The van der Waals surface area contributed by atoms with Crippen molar-refractivity contribution in [2.24, 2.45) is 5.92 Å². The number of hydrogen-bond donors (Lipinski definition) is 0. The Hall–Kier alpha value is 0.0969. The maximum atomic E-state index is 6.80. The van der Waals surface area contributed by atoms with Crippen LogP contribution in [0.2, 0.25) is 16.6 Å². The highest BCUT2D eigenvalue weighted by atomic mass is 28.4. The van der Waals surface area contributed by atoms with Crippen LogP contribution in [0.4, 0.5) is 0 Å². The fraction of sp³-hybridized carbons (Fsp3) is 1.00. The van der Waals surface area contributed by atoms with E-state index >= 15 is 0 Å². The summed E-state index contributed by atoms with van der Waals surface area (Å²) in [6.45, 7) is 20.4. The van der Waals surface area contributed by atoms with E-state index in [0.717, 1.165) is 6.42 Å². The quantitative estimate of drug-likeness (QED) is 0.486. The zero-order valence-corrected chi connectivity index (χ0v) is 16.3. The molecular weight excluding hydrogens is 280 g/mol. The third kappa shape index (κ3) is 2.62. The highest BCUT2D eigenvalue weighted by molar-refractivity contribution is 6.77. The molecule has 0 aromatic carbocycles. The van der Waals surface area contributed by atoms with E-state index in [1.807, 2.05) is 0 Å². The fourth-order valence-corrected chi connectivity index (χ4v) is 9.91. The number of ether oxygens (including phenoxy) is 2. The minimum atomic E-state index is -1.92. The van der Waals surface area contributed by atoms with Crippen LogP contribution in [-0.2, 0) is 13.9 Å². The molecule has 2 saturated heterocycles. The molecule has 0 aromatic heterocycles. The van der Waals surface area contributed by atoms with Gasteiger partial charge in [0.05, 0.1) is 0 Å². The second kappa shape index (κ2) is 5.33. The lowest BCUT2D eigenvalue weighted by Gasteiger charge is -2.43. The van der Waals surface area contributed by atoms with Crippen LogP contribution in [0, 0.1) is 5.92 Å². The van der Waals surface area contributed by atoms with E-state index in [1.54, 1.807) is 0 Å². The van der Waals surface area contributed by atoms with Gasteiger partial charge in [-0.1, -0.05) is 55.4 Å². The maximum absolute atomic E-state index is 6.80. The third-order valence-electron chi connectivity index (χ3n) is 5.39. The number of hydrogen-bond acceptors (Lipinski definition) is 3. The Balaban J connectivity index is 2.13. The first kappa shape index (κ1) is 17.5. The second-order valence-corrected chi connectivity index (χ2v) is 13.7. The van der Waals surface area contributed by atoms with Gasteiger partial charge in [0.25, 0.3) is 5.79 Å². The molecule has 21 heavy (non-hydrogen) atoms. The summed E-state index contributed by atoms with van der Waals surface area (Å²) in [5.41, 5.74) is 1.70. The van der Waals surface area contributed by atoms with E-state index in [4.69, 9.17) is 13.9 Å². The van der Waals surface area contributed by atoms with Gasteiger partial charge >= 0.3 is 0 Å². The molecule has 0 aromatic rings. The minimum Gasteiger partial charge on any atom is -0.385 e. The molecule has 1 spiro atoms. The Labute approximate surface area is 131 Å². The lowest BCUT2D eigenvalue weighted by molar-refractivity contribution is 0.0609. The fourth-order valence-electron chi connectivity index (χ4n) is 4.34. The van der Waals surface area contributed by atoms with Crippen LogP contribution in [0.3, 0.4) is 0 Å². The van der Waals surface area contributed by atoms with Gasteiger partial charge in [-0.3, -0.25) is 0 Å². The molecule has 2 heterocycles. The van der Waals surface area contributed by atoms with Crippen LogP contribution < -0.4 is 0 Å². The molecule has 4 heteroatoms. The van der Waals surface area contributed by atoms with Gasteiger partial charge in [-0.25, -0.2) is 0 Å². The average molecular weight is 315 g/mol. The van der Waals surface area contributed by atoms with Gasteiger partial charge in [0.1, 0.15) is 6.10 Å².